The highest BCUT2D eigenvalue weighted by Crippen LogP contribution is 2.26. The minimum Gasteiger partial charge on any atom is -0.364 e. The molecule has 0 aromatic heterocycles. The predicted octanol–water partition coefficient (Wildman–Crippen LogP) is 3.98. The van der Waals surface area contributed by atoms with Crippen LogP contribution in [0.2, 0.25) is 5.02 Å². The van der Waals surface area contributed by atoms with Gasteiger partial charge in [-0.2, -0.15) is 0 Å². The molecule has 20 heavy (non-hydrogen) atoms. The molecule has 0 atom stereocenters. The fourth-order valence-corrected chi connectivity index (χ4v) is 2.80. The topological polar surface area (TPSA) is 20.3 Å². The molecule has 0 N–H and O–H groups in total. The van der Waals surface area contributed by atoms with E-state index in [1.54, 1.807) is 24.3 Å². The van der Waals surface area contributed by atoms with Crippen molar-refractivity contribution in [1.29, 1.82) is 0 Å². The van der Waals surface area contributed by atoms with E-state index < -0.39 is 0 Å². The summed E-state index contributed by atoms with van der Waals surface area (Å²) in [5.41, 5.74) is 3.25. The lowest BCUT2D eigenvalue weighted by Crippen LogP contribution is -2.34. The predicted molar refractivity (Wildman–Crippen MR) is 82.8 cm³/mol. The number of carbonyl (C=O) groups excluding carboxylic acids is 1. The third-order valence-corrected chi connectivity index (χ3v) is 3.96. The Morgan fingerprint density at radius 1 is 1.10 bits per heavy atom. The number of rotatable bonds is 3. The number of benzene rings is 2. The number of para-hydroxylation sites is 1. The second-order valence-corrected chi connectivity index (χ2v) is 5.52. The average Bonchev–Trinajstić information content (AvgIpc) is 2.48. The molecule has 3 heteroatoms. The van der Waals surface area contributed by atoms with Crippen LogP contribution in [0.15, 0.2) is 48.5 Å². The number of fused-ring (bicyclic) bond motifs is 1. The van der Waals surface area contributed by atoms with Gasteiger partial charge in [0.15, 0.2) is 5.78 Å². The number of carbonyl (C=O) groups is 1. The zero-order valence-corrected chi connectivity index (χ0v) is 11.9. The Bertz CT molecular complexity index is 621. The summed E-state index contributed by atoms with van der Waals surface area (Å²) in [5.74, 6) is 0.137. The van der Waals surface area contributed by atoms with Crippen LogP contribution in [0, 0.1) is 0 Å². The van der Waals surface area contributed by atoms with Crippen molar-refractivity contribution in [2.45, 2.75) is 12.8 Å². The van der Waals surface area contributed by atoms with E-state index in [1.165, 1.54) is 11.3 Å². The third kappa shape index (κ3) is 2.70. The zero-order chi connectivity index (χ0) is 13.9. The van der Waals surface area contributed by atoms with Crippen molar-refractivity contribution in [1.82, 2.24) is 0 Å². The largest absolute Gasteiger partial charge is 0.364 e. The fourth-order valence-electron chi connectivity index (χ4n) is 2.68. The standard InChI is InChI=1S/C17H16ClNO/c18-15-9-7-14(8-10-15)17(20)12-19-11-3-5-13-4-1-2-6-16(13)19/h1-2,4,6-10H,3,5,11-12H2. The summed E-state index contributed by atoms with van der Waals surface area (Å²) in [5, 5.41) is 0.657. The summed E-state index contributed by atoms with van der Waals surface area (Å²) < 4.78 is 0. The number of nitrogens with zero attached hydrogens (tertiary/aromatic N) is 1. The number of anilines is 1. The Morgan fingerprint density at radius 3 is 2.65 bits per heavy atom. The maximum absolute atomic E-state index is 12.3. The summed E-state index contributed by atoms with van der Waals surface area (Å²) in [4.78, 5) is 14.5. The van der Waals surface area contributed by atoms with E-state index in [4.69, 9.17) is 11.6 Å². The number of aryl methyl sites for hydroxylation is 1. The van der Waals surface area contributed by atoms with Crippen LogP contribution in [0.5, 0.6) is 0 Å². The van der Waals surface area contributed by atoms with Crippen molar-refractivity contribution in [3.8, 4) is 0 Å². The van der Waals surface area contributed by atoms with Gasteiger partial charge in [-0.25, -0.2) is 0 Å². The maximum Gasteiger partial charge on any atom is 0.182 e. The summed E-state index contributed by atoms with van der Waals surface area (Å²) >= 11 is 5.85. The Labute approximate surface area is 124 Å². The summed E-state index contributed by atoms with van der Waals surface area (Å²) in [6.45, 7) is 1.37. The van der Waals surface area contributed by atoms with Gasteiger partial charge >= 0.3 is 0 Å². The van der Waals surface area contributed by atoms with E-state index in [0.29, 0.717) is 11.6 Å². The molecule has 102 valence electrons. The molecule has 0 fully saturated rings. The molecule has 0 amide bonds. The minimum absolute atomic E-state index is 0.137. The van der Waals surface area contributed by atoms with Crippen LogP contribution >= 0.6 is 11.6 Å². The van der Waals surface area contributed by atoms with E-state index >= 15 is 0 Å². The zero-order valence-electron chi connectivity index (χ0n) is 11.2. The molecular weight excluding hydrogens is 270 g/mol. The summed E-state index contributed by atoms with van der Waals surface area (Å²) in [7, 11) is 0. The van der Waals surface area contributed by atoms with Crippen LogP contribution in [-0.2, 0) is 6.42 Å². The van der Waals surface area contributed by atoms with Crippen LogP contribution in [0.25, 0.3) is 0 Å². The smallest absolute Gasteiger partial charge is 0.182 e. The van der Waals surface area contributed by atoms with E-state index in [1.807, 2.05) is 6.07 Å². The molecule has 0 saturated heterocycles. The Morgan fingerprint density at radius 2 is 1.85 bits per heavy atom. The normalized spacial score (nSPS) is 13.9. The second kappa shape index (κ2) is 5.68. The van der Waals surface area contributed by atoms with Crippen molar-refractivity contribution in [2.75, 3.05) is 18.0 Å². The van der Waals surface area contributed by atoms with Gasteiger partial charge in [-0.1, -0.05) is 29.8 Å². The molecule has 0 bridgehead atoms. The lowest BCUT2D eigenvalue weighted by atomic mass is 10.0. The Hall–Kier alpha value is -1.80. The molecule has 0 aliphatic carbocycles. The number of ketones is 1. The van der Waals surface area contributed by atoms with Crippen LogP contribution in [0.4, 0.5) is 5.69 Å². The quantitative estimate of drug-likeness (QED) is 0.795. The van der Waals surface area contributed by atoms with Gasteiger partial charge in [0.1, 0.15) is 0 Å². The molecule has 0 radical (unpaired) electrons. The first kappa shape index (κ1) is 13.2. The molecular formula is C17H16ClNO. The van der Waals surface area contributed by atoms with Gasteiger partial charge in [0.05, 0.1) is 6.54 Å². The SMILES string of the molecule is O=C(CN1CCCc2ccccc21)c1ccc(Cl)cc1. The number of hydrogen-bond donors (Lipinski definition) is 0. The van der Waals surface area contributed by atoms with Crippen molar-refractivity contribution < 1.29 is 4.79 Å². The Kier molecular flexibility index (Phi) is 3.75. The molecule has 2 aromatic rings. The lowest BCUT2D eigenvalue weighted by molar-refractivity contribution is 0.0998. The first-order valence-corrected chi connectivity index (χ1v) is 7.23. The van der Waals surface area contributed by atoms with Gasteiger partial charge < -0.3 is 4.90 Å². The molecule has 0 spiro atoms. The van der Waals surface area contributed by atoms with Gasteiger partial charge in [-0.15, -0.1) is 0 Å². The highest BCUT2D eigenvalue weighted by Gasteiger charge is 2.19. The first-order chi connectivity index (χ1) is 9.74. The van der Waals surface area contributed by atoms with E-state index in [0.717, 1.165) is 24.9 Å². The van der Waals surface area contributed by atoms with Crippen molar-refractivity contribution >= 4 is 23.1 Å². The Balaban J connectivity index is 1.79. The highest BCUT2D eigenvalue weighted by molar-refractivity contribution is 6.30. The molecule has 1 aliphatic heterocycles. The summed E-state index contributed by atoms with van der Waals surface area (Å²) in [6, 6.07) is 15.4. The first-order valence-electron chi connectivity index (χ1n) is 6.85. The molecule has 3 rings (SSSR count). The average molecular weight is 286 g/mol. The van der Waals surface area contributed by atoms with Crippen LogP contribution < -0.4 is 4.90 Å². The number of Topliss-reactive ketones (excluding diaryl/α,β-unsaturated/α-hetero) is 1. The van der Waals surface area contributed by atoms with E-state index in [2.05, 4.69) is 23.1 Å². The lowest BCUT2D eigenvalue weighted by Gasteiger charge is -2.30. The van der Waals surface area contributed by atoms with Crippen LogP contribution in [0.1, 0.15) is 22.3 Å². The molecule has 0 unspecified atom stereocenters. The van der Waals surface area contributed by atoms with E-state index in [9.17, 15) is 4.79 Å². The molecule has 2 aromatic carbocycles. The molecule has 2 nitrogen and oxygen atoms in total. The van der Waals surface area contributed by atoms with Crippen molar-refractivity contribution in [3.63, 3.8) is 0 Å². The van der Waals surface area contributed by atoms with Crippen LogP contribution in [-0.4, -0.2) is 18.9 Å². The van der Waals surface area contributed by atoms with Gasteiger partial charge in [-0.3, -0.25) is 4.79 Å². The fraction of sp³-hybridized carbons (Fsp3) is 0.235. The summed E-state index contributed by atoms with van der Waals surface area (Å²) in [6.07, 6.45) is 2.20. The third-order valence-electron chi connectivity index (χ3n) is 3.71. The molecule has 1 aliphatic rings. The van der Waals surface area contributed by atoms with Crippen LogP contribution in [0.3, 0.4) is 0 Å². The highest BCUT2D eigenvalue weighted by atomic mass is 35.5. The molecule has 1 heterocycles. The van der Waals surface area contributed by atoms with Gasteiger partial charge in [0.25, 0.3) is 0 Å². The monoisotopic (exact) mass is 285 g/mol. The van der Waals surface area contributed by atoms with Crippen molar-refractivity contribution in [3.05, 3.63) is 64.7 Å². The van der Waals surface area contributed by atoms with Gasteiger partial charge in [0.2, 0.25) is 0 Å². The maximum atomic E-state index is 12.3. The number of halogens is 1. The second-order valence-electron chi connectivity index (χ2n) is 5.08. The van der Waals surface area contributed by atoms with E-state index in [-0.39, 0.29) is 5.78 Å². The number of hydrogen-bond acceptors (Lipinski definition) is 2. The minimum atomic E-state index is 0.137. The molecule has 0 saturated carbocycles. The van der Waals surface area contributed by atoms with Gasteiger partial charge in [0, 0.05) is 22.8 Å². The van der Waals surface area contributed by atoms with Gasteiger partial charge in [-0.05, 0) is 48.7 Å². The van der Waals surface area contributed by atoms with Crippen molar-refractivity contribution in [2.24, 2.45) is 0 Å².